The van der Waals surface area contributed by atoms with Crippen LogP contribution in [0.25, 0.3) is 9.40 Å². The second-order valence-electron chi connectivity index (χ2n) is 5.89. The van der Waals surface area contributed by atoms with Crippen molar-refractivity contribution in [1.82, 2.24) is 9.88 Å². The number of pyridine rings is 1. The minimum absolute atomic E-state index is 0.169. The van der Waals surface area contributed by atoms with Crippen LogP contribution in [-0.4, -0.2) is 42.0 Å². The SMILES string of the molecule is CCc1cc2cc(C(=O)N3CCN(c4ccccn4)CC3)sc2s1. The molecule has 1 aliphatic rings. The number of piperazine rings is 1. The van der Waals surface area contributed by atoms with Gasteiger partial charge in [0.15, 0.2) is 0 Å². The number of aryl methyl sites for hydroxylation is 1. The molecule has 0 aromatic carbocycles. The Balaban J connectivity index is 1.44. The minimum atomic E-state index is 0.169. The van der Waals surface area contributed by atoms with Crippen LogP contribution in [0.1, 0.15) is 21.5 Å². The summed E-state index contributed by atoms with van der Waals surface area (Å²) in [6.45, 7) is 5.34. The summed E-state index contributed by atoms with van der Waals surface area (Å²) in [4.78, 5) is 23.6. The van der Waals surface area contributed by atoms with Crippen molar-refractivity contribution in [3.63, 3.8) is 0 Å². The molecule has 24 heavy (non-hydrogen) atoms. The van der Waals surface area contributed by atoms with E-state index in [1.807, 2.05) is 40.6 Å². The molecular weight excluding hydrogens is 338 g/mol. The maximum atomic E-state index is 12.8. The normalized spacial score (nSPS) is 15.2. The quantitative estimate of drug-likeness (QED) is 0.714. The fourth-order valence-corrected chi connectivity index (χ4v) is 5.40. The van der Waals surface area contributed by atoms with Gasteiger partial charge in [-0.25, -0.2) is 4.98 Å². The Hall–Kier alpha value is -1.92. The van der Waals surface area contributed by atoms with E-state index in [4.69, 9.17) is 0 Å². The zero-order valence-corrected chi connectivity index (χ0v) is 15.2. The molecule has 0 radical (unpaired) electrons. The summed E-state index contributed by atoms with van der Waals surface area (Å²) in [7, 11) is 0. The number of hydrogen-bond donors (Lipinski definition) is 0. The molecule has 3 aromatic heterocycles. The molecule has 0 unspecified atom stereocenters. The maximum absolute atomic E-state index is 12.8. The molecule has 4 heterocycles. The Bertz CT molecular complexity index is 816. The molecule has 1 amide bonds. The van der Waals surface area contributed by atoms with Gasteiger partial charge in [-0.15, -0.1) is 22.7 Å². The molecule has 4 nitrogen and oxygen atoms in total. The molecule has 0 aliphatic carbocycles. The Kier molecular flexibility index (Phi) is 4.24. The fourth-order valence-electron chi connectivity index (χ4n) is 3.01. The highest BCUT2D eigenvalue weighted by atomic mass is 32.2. The number of fused-ring (bicyclic) bond motifs is 1. The third-order valence-corrected chi connectivity index (χ3v) is 6.89. The molecule has 124 valence electrons. The van der Waals surface area contributed by atoms with Crippen LogP contribution >= 0.6 is 22.7 Å². The van der Waals surface area contributed by atoms with E-state index in [0.29, 0.717) is 0 Å². The van der Waals surface area contributed by atoms with Crippen LogP contribution in [0.2, 0.25) is 0 Å². The van der Waals surface area contributed by atoms with Crippen LogP contribution in [0.5, 0.6) is 0 Å². The molecule has 1 fully saturated rings. The molecule has 6 heteroatoms. The summed E-state index contributed by atoms with van der Waals surface area (Å²) in [5, 5.41) is 1.22. The topological polar surface area (TPSA) is 36.4 Å². The van der Waals surface area contributed by atoms with Crippen LogP contribution in [0, 0.1) is 0 Å². The van der Waals surface area contributed by atoms with Gasteiger partial charge in [-0.1, -0.05) is 13.0 Å². The Morgan fingerprint density at radius 2 is 2.00 bits per heavy atom. The molecule has 0 saturated carbocycles. The largest absolute Gasteiger partial charge is 0.353 e. The predicted molar refractivity (Wildman–Crippen MR) is 101 cm³/mol. The molecule has 3 aromatic rings. The lowest BCUT2D eigenvalue weighted by Crippen LogP contribution is -2.48. The fraction of sp³-hybridized carbons (Fsp3) is 0.333. The van der Waals surface area contributed by atoms with E-state index in [1.165, 1.54) is 14.3 Å². The van der Waals surface area contributed by atoms with Crippen molar-refractivity contribution in [3.05, 3.63) is 46.3 Å². The van der Waals surface area contributed by atoms with E-state index in [9.17, 15) is 4.79 Å². The van der Waals surface area contributed by atoms with Gasteiger partial charge in [0.05, 0.1) is 8.89 Å². The van der Waals surface area contributed by atoms with E-state index >= 15 is 0 Å². The monoisotopic (exact) mass is 357 g/mol. The molecule has 1 aliphatic heterocycles. The average molecular weight is 358 g/mol. The van der Waals surface area contributed by atoms with Crippen LogP contribution < -0.4 is 4.90 Å². The first-order chi connectivity index (χ1) is 11.7. The van der Waals surface area contributed by atoms with Gasteiger partial charge in [-0.05, 0) is 30.7 Å². The maximum Gasteiger partial charge on any atom is 0.264 e. The van der Waals surface area contributed by atoms with Crippen molar-refractivity contribution < 1.29 is 4.79 Å². The van der Waals surface area contributed by atoms with E-state index in [2.05, 4.69) is 28.9 Å². The zero-order chi connectivity index (χ0) is 16.5. The molecular formula is C18H19N3OS2. The number of thiophene rings is 2. The van der Waals surface area contributed by atoms with Gasteiger partial charge in [0.25, 0.3) is 5.91 Å². The van der Waals surface area contributed by atoms with Crippen molar-refractivity contribution in [3.8, 4) is 0 Å². The number of amides is 1. The predicted octanol–water partition coefficient (Wildman–Crippen LogP) is 3.88. The number of rotatable bonds is 3. The van der Waals surface area contributed by atoms with Gasteiger partial charge in [0.2, 0.25) is 0 Å². The van der Waals surface area contributed by atoms with Crippen molar-refractivity contribution in [2.45, 2.75) is 13.3 Å². The molecule has 1 saturated heterocycles. The first-order valence-electron chi connectivity index (χ1n) is 8.22. The van der Waals surface area contributed by atoms with Gasteiger partial charge < -0.3 is 9.80 Å². The number of nitrogens with zero attached hydrogens (tertiary/aromatic N) is 3. The first-order valence-corrected chi connectivity index (χ1v) is 9.85. The Morgan fingerprint density at radius 3 is 2.67 bits per heavy atom. The summed E-state index contributed by atoms with van der Waals surface area (Å²) in [5.41, 5.74) is 0. The highest BCUT2D eigenvalue weighted by Crippen LogP contribution is 2.34. The summed E-state index contributed by atoms with van der Waals surface area (Å²) >= 11 is 3.44. The van der Waals surface area contributed by atoms with Crippen LogP contribution in [0.15, 0.2) is 36.5 Å². The molecule has 0 atom stereocenters. The lowest BCUT2D eigenvalue weighted by molar-refractivity contribution is 0.0751. The van der Waals surface area contributed by atoms with Gasteiger partial charge in [-0.2, -0.15) is 0 Å². The summed E-state index contributed by atoms with van der Waals surface area (Å²) in [6.07, 6.45) is 2.88. The van der Waals surface area contributed by atoms with Crippen LogP contribution in [-0.2, 0) is 6.42 Å². The number of anilines is 1. The lowest BCUT2D eigenvalue weighted by atomic mass is 10.2. The van der Waals surface area contributed by atoms with Crippen molar-refractivity contribution >= 4 is 43.8 Å². The van der Waals surface area contributed by atoms with Crippen LogP contribution in [0.3, 0.4) is 0 Å². The molecule has 4 rings (SSSR count). The van der Waals surface area contributed by atoms with Crippen LogP contribution in [0.4, 0.5) is 5.82 Å². The second-order valence-corrected chi connectivity index (χ2v) is 8.33. The number of carbonyl (C=O) groups excluding carboxylic acids is 1. The van der Waals surface area contributed by atoms with Gasteiger partial charge in [0.1, 0.15) is 5.82 Å². The Morgan fingerprint density at radius 1 is 1.17 bits per heavy atom. The molecule has 0 spiro atoms. The standard InChI is InChI=1S/C18H19N3OS2/c1-2-14-11-13-12-15(24-18(13)23-14)17(22)21-9-7-20(8-10-21)16-5-3-4-6-19-16/h3-6,11-12H,2,7-10H2,1H3. The minimum Gasteiger partial charge on any atom is -0.353 e. The second kappa shape index (κ2) is 6.53. The summed E-state index contributed by atoms with van der Waals surface area (Å²) < 4.78 is 1.27. The number of carbonyl (C=O) groups is 1. The average Bonchev–Trinajstić information content (AvgIpc) is 3.20. The summed E-state index contributed by atoms with van der Waals surface area (Å²) in [6, 6.07) is 10.2. The van der Waals surface area contributed by atoms with Crippen molar-refractivity contribution in [1.29, 1.82) is 0 Å². The van der Waals surface area contributed by atoms with E-state index in [0.717, 1.165) is 43.3 Å². The van der Waals surface area contributed by atoms with E-state index in [1.54, 1.807) is 11.3 Å². The van der Waals surface area contributed by atoms with Gasteiger partial charge in [0, 0.05) is 42.6 Å². The Labute approximate surface area is 149 Å². The lowest BCUT2D eigenvalue weighted by Gasteiger charge is -2.35. The van der Waals surface area contributed by atoms with Gasteiger partial charge >= 0.3 is 0 Å². The smallest absolute Gasteiger partial charge is 0.264 e. The van der Waals surface area contributed by atoms with Gasteiger partial charge in [-0.3, -0.25) is 4.79 Å². The highest BCUT2D eigenvalue weighted by Gasteiger charge is 2.24. The van der Waals surface area contributed by atoms with E-state index in [-0.39, 0.29) is 5.91 Å². The molecule has 0 N–H and O–H groups in total. The highest BCUT2D eigenvalue weighted by molar-refractivity contribution is 7.39. The zero-order valence-electron chi connectivity index (χ0n) is 13.6. The third-order valence-electron chi connectivity index (χ3n) is 4.36. The first kappa shape index (κ1) is 15.6. The van der Waals surface area contributed by atoms with Crippen molar-refractivity contribution in [2.24, 2.45) is 0 Å². The summed E-state index contributed by atoms with van der Waals surface area (Å²) in [5.74, 6) is 1.16. The van der Waals surface area contributed by atoms with E-state index < -0.39 is 0 Å². The molecule has 0 bridgehead atoms. The van der Waals surface area contributed by atoms with Crippen molar-refractivity contribution in [2.75, 3.05) is 31.1 Å². The number of aromatic nitrogens is 1. The third kappa shape index (κ3) is 2.91. The number of hydrogen-bond acceptors (Lipinski definition) is 5.